The smallest absolute Gasteiger partial charge is 0.264 e. The minimum atomic E-state index is -3.94. The van der Waals surface area contributed by atoms with Crippen molar-refractivity contribution in [2.45, 2.75) is 43.4 Å². The molecule has 1 N–H and O–H groups in total. The molecule has 0 unspecified atom stereocenters. The second-order valence-corrected chi connectivity index (χ2v) is 11.5. The fourth-order valence-electron chi connectivity index (χ4n) is 4.88. The van der Waals surface area contributed by atoms with Gasteiger partial charge in [-0.05, 0) is 73.5 Å². The lowest BCUT2D eigenvalue weighted by Crippen LogP contribution is -2.50. The number of piperidine rings is 1. The van der Waals surface area contributed by atoms with Crippen LogP contribution in [0.4, 0.5) is 5.69 Å². The van der Waals surface area contributed by atoms with Gasteiger partial charge < -0.3 is 14.8 Å². The molecular formula is C29H33N3O5S. The number of sulfonamides is 1. The number of likely N-dealkylation sites (tertiary alicyclic amines) is 1. The first-order valence-corrected chi connectivity index (χ1v) is 14.4. The molecule has 0 radical (unpaired) electrons. The third-order valence-electron chi connectivity index (χ3n) is 7.02. The van der Waals surface area contributed by atoms with Gasteiger partial charge in [0.1, 0.15) is 11.5 Å². The minimum Gasteiger partial charge on any atom is -0.497 e. The Kier molecular flexibility index (Phi) is 7.85. The zero-order valence-electron chi connectivity index (χ0n) is 21.5. The monoisotopic (exact) mass is 535 g/mol. The van der Waals surface area contributed by atoms with Crippen molar-refractivity contribution >= 4 is 21.6 Å². The lowest BCUT2D eigenvalue weighted by atomic mass is 10.1. The van der Waals surface area contributed by atoms with Crippen LogP contribution < -0.4 is 19.1 Å². The molecular weight excluding hydrogens is 502 g/mol. The summed E-state index contributed by atoms with van der Waals surface area (Å²) in [6, 6.07) is 21.3. The fourth-order valence-corrected chi connectivity index (χ4v) is 6.36. The van der Waals surface area contributed by atoms with Crippen LogP contribution in [-0.2, 0) is 27.9 Å². The minimum absolute atomic E-state index is 0.110. The topological polar surface area (TPSA) is 88.2 Å². The Labute approximate surface area is 224 Å². The largest absolute Gasteiger partial charge is 0.497 e. The number of rotatable bonds is 8. The lowest BCUT2D eigenvalue weighted by Gasteiger charge is -2.34. The van der Waals surface area contributed by atoms with Gasteiger partial charge in [0.25, 0.3) is 15.9 Å². The van der Waals surface area contributed by atoms with Crippen LogP contribution in [0.5, 0.6) is 11.5 Å². The summed E-state index contributed by atoms with van der Waals surface area (Å²) in [5.74, 6) is 0.535. The van der Waals surface area contributed by atoms with Crippen LogP contribution in [-0.4, -0.2) is 52.1 Å². The zero-order chi connectivity index (χ0) is 26.5. The highest BCUT2D eigenvalue weighted by molar-refractivity contribution is 7.92. The standard InChI is InChI=1S/C29H33N3O5S/c1-36-24-13-15-25(16-14-24)38(34,35)32-21-28(37-27-8-4-3-7-26(27)32)29(33)30-19-22-9-11-23(12-10-22)20-31-17-5-2-6-18-31/h3-4,7-16,28H,2,5-6,17-21H2,1H3,(H,30,33)/t28-/m0/s1. The summed E-state index contributed by atoms with van der Waals surface area (Å²) in [5.41, 5.74) is 2.63. The van der Waals surface area contributed by atoms with Crippen molar-refractivity contribution in [2.75, 3.05) is 31.0 Å². The number of hydrogen-bond donors (Lipinski definition) is 1. The second-order valence-electron chi connectivity index (χ2n) is 9.66. The molecule has 0 spiro atoms. The predicted molar refractivity (Wildman–Crippen MR) is 146 cm³/mol. The van der Waals surface area contributed by atoms with Crippen molar-refractivity contribution in [3.63, 3.8) is 0 Å². The van der Waals surface area contributed by atoms with E-state index in [4.69, 9.17) is 9.47 Å². The normalized spacial score (nSPS) is 17.8. The molecule has 1 fully saturated rings. The summed E-state index contributed by atoms with van der Waals surface area (Å²) in [7, 11) is -2.41. The molecule has 0 aromatic heterocycles. The first-order valence-electron chi connectivity index (χ1n) is 12.9. The molecule has 0 bridgehead atoms. The number of nitrogens with zero attached hydrogens (tertiary/aromatic N) is 2. The molecule has 0 saturated carbocycles. The van der Waals surface area contributed by atoms with E-state index in [1.807, 2.05) is 12.1 Å². The van der Waals surface area contributed by atoms with E-state index < -0.39 is 16.1 Å². The molecule has 3 aromatic carbocycles. The van der Waals surface area contributed by atoms with Crippen LogP contribution in [0.25, 0.3) is 0 Å². The van der Waals surface area contributed by atoms with Gasteiger partial charge in [-0.1, -0.05) is 42.8 Å². The fraction of sp³-hybridized carbons (Fsp3) is 0.345. The van der Waals surface area contributed by atoms with Crippen LogP contribution >= 0.6 is 0 Å². The van der Waals surface area contributed by atoms with E-state index >= 15 is 0 Å². The molecule has 38 heavy (non-hydrogen) atoms. The third kappa shape index (κ3) is 5.79. The van der Waals surface area contributed by atoms with Gasteiger partial charge in [-0.15, -0.1) is 0 Å². The first-order chi connectivity index (χ1) is 18.4. The van der Waals surface area contributed by atoms with Crippen molar-refractivity contribution in [3.05, 3.63) is 83.9 Å². The van der Waals surface area contributed by atoms with Crippen LogP contribution in [0.2, 0.25) is 0 Å². The van der Waals surface area contributed by atoms with Gasteiger partial charge >= 0.3 is 0 Å². The van der Waals surface area contributed by atoms with E-state index in [-0.39, 0.29) is 17.3 Å². The van der Waals surface area contributed by atoms with Crippen LogP contribution in [0.3, 0.4) is 0 Å². The van der Waals surface area contributed by atoms with Crippen molar-refractivity contribution in [1.29, 1.82) is 0 Å². The number of anilines is 1. The van der Waals surface area contributed by atoms with Gasteiger partial charge in [0.05, 0.1) is 24.2 Å². The molecule has 0 aliphatic carbocycles. The molecule has 5 rings (SSSR count). The molecule has 2 aliphatic heterocycles. The van der Waals surface area contributed by atoms with Gasteiger partial charge in [0.2, 0.25) is 0 Å². The maximum Gasteiger partial charge on any atom is 0.264 e. The Morgan fingerprint density at radius 1 is 0.947 bits per heavy atom. The molecule has 1 saturated heterocycles. The van der Waals surface area contributed by atoms with Crippen LogP contribution in [0, 0.1) is 0 Å². The average molecular weight is 536 g/mol. The number of carbonyl (C=O) groups excluding carboxylic acids is 1. The van der Waals surface area contributed by atoms with E-state index in [9.17, 15) is 13.2 Å². The SMILES string of the molecule is COc1ccc(S(=O)(=O)N2C[C@@H](C(=O)NCc3ccc(CN4CCCCC4)cc3)Oc3ccccc32)cc1. The van der Waals surface area contributed by atoms with Gasteiger partial charge in [0, 0.05) is 13.1 Å². The Morgan fingerprint density at radius 2 is 1.63 bits per heavy atom. The van der Waals surface area contributed by atoms with Gasteiger partial charge in [-0.2, -0.15) is 0 Å². The summed E-state index contributed by atoms with van der Waals surface area (Å²) in [4.78, 5) is 15.7. The van der Waals surface area contributed by atoms with Crippen molar-refractivity contribution in [2.24, 2.45) is 0 Å². The number of benzene rings is 3. The van der Waals surface area contributed by atoms with Crippen molar-refractivity contribution in [3.8, 4) is 11.5 Å². The third-order valence-corrected chi connectivity index (χ3v) is 8.81. The molecule has 8 nitrogen and oxygen atoms in total. The summed E-state index contributed by atoms with van der Waals surface area (Å²) < 4.78 is 39.5. The average Bonchev–Trinajstić information content (AvgIpc) is 2.96. The van der Waals surface area contributed by atoms with Crippen LogP contribution in [0.1, 0.15) is 30.4 Å². The Balaban J connectivity index is 1.26. The Hall–Kier alpha value is -3.56. The molecule has 9 heteroatoms. The second kappa shape index (κ2) is 11.4. The molecule has 2 aliphatic rings. The number of hydrogen-bond acceptors (Lipinski definition) is 6. The molecule has 2 heterocycles. The lowest BCUT2D eigenvalue weighted by molar-refractivity contribution is -0.127. The number of fused-ring (bicyclic) bond motifs is 1. The molecule has 1 amide bonds. The number of carbonyl (C=O) groups is 1. The van der Waals surface area contributed by atoms with E-state index in [0.717, 1.165) is 25.2 Å². The van der Waals surface area contributed by atoms with E-state index in [1.54, 1.807) is 36.4 Å². The Morgan fingerprint density at radius 3 is 2.34 bits per heavy atom. The quantitative estimate of drug-likeness (QED) is 0.470. The maximum absolute atomic E-state index is 13.6. The first kappa shape index (κ1) is 26.1. The number of ether oxygens (including phenoxy) is 2. The maximum atomic E-state index is 13.6. The van der Waals surface area contributed by atoms with Gasteiger partial charge in [-0.3, -0.25) is 14.0 Å². The highest BCUT2D eigenvalue weighted by Gasteiger charge is 2.37. The van der Waals surface area contributed by atoms with E-state index in [1.165, 1.54) is 48.4 Å². The number of nitrogens with one attached hydrogen (secondary N) is 1. The number of methoxy groups -OCH3 is 1. The predicted octanol–water partition coefficient (Wildman–Crippen LogP) is 3.95. The summed E-state index contributed by atoms with van der Waals surface area (Å²) in [6.45, 7) is 3.43. The molecule has 3 aromatic rings. The summed E-state index contributed by atoms with van der Waals surface area (Å²) in [5, 5.41) is 2.91. The summed E-state index contributed by atoms with van der Waals surface area (Å²) >= 11 is 0. The van der Waals surface area contributed by atoms with Gasteiger partial charge in [0.15, 0.2) is 6.10 Å². The van der Waals surface area contributed by atoms with E-state index in [0.29, 0.717) is 23.7 Å². The van der Waals surface area contributed by atoms with E-state index in [2.05, 4.69) is 22.3 Å². The number of amides is 1. The highest BCUT2D eigenvalue weighted by Crippen LogP contribution is 2.37. The number of para-hydroxylation sites is 2. The van der Waals surface area contributed by atoms with Gasteiger partial charge in [-0.25, -0.2) is 8.42 Å². The van der Waals surface area contributed by atoms with Crippen LogP contribution in [0.15, 0.2) is 77.7 Å². The Bertz CT molecular complexity index is 1350. The molecule has 1 atom stereocenters. The van der Waals surface area contributed by atoms with Crippen molar-refractivity contribution < 1.29 is 22.7 Å². The zero-order valence-corrected chi connectivity index (χ0v) is 22.3. The summed E-state index contributed by atoms with van der Waals surface area (Å²) in [6.07, 6.45) is 2.85. The highest BCUT2D eigenvalue weighted by atomic mass is 32.2. The molecule has 200 valence electrons. The van der Waals surface area contributed by atoms with Crippen molar-refractivity contribution in [1.82, 2.24) is 10.2 Å².